The maximum atomic E-state index is 13.0. The van der Waals surface area contributed by atoms with E-state index in [0.717, 1.165) is 177 Å². The van der Waals surface area contributed by atoms with Gasteiger partial charge in [0.1, 0.15) is 28.6 Å². The van der Waals surface area contributed by atoms with E-state index >= 15 is 0 Å². The second kappa shape index (κ2) is 57.6. The molecule has 0 spiro atoms. The number of ether oxygens (including phenoxy) is 11. The first-order valence-corrected chi connectivity index (χ1v) is 39.9. The Balaban J connectivity index is 0.000000326. The van der Waals surface area contributed by atoms with Crippen molar-refractivity contribution < 1.29 is 76.1 Å². The minimum atomic E-state index is -0.382. The third-order valence-corrected chi connectivity index (χ3v) is 19.1. The number of hydrogen-bond donors (Lipinski definition) is 0. The average molecular weight is 1400 g/mol. The summed E-state index contributed by atoms with van der Waals surface area (Å²) in [4.78, 5) is 58.0. The summed E-state index contributed by atoms with van der Waals surface area (Å²) < 4.78 is 60.8. The molecule has 1 heterocycles. The van der Waals surface area contributed by atoms with Crippen molar-refractivity contribution >= 4 is 29.8 Å². The highest BCUT2D eigenvalue weighted by molar-refractivity contribution is 5.93. The molecule has 1 saturated heterocycles. The summed E-state index contributed by atoms with van der Waals surface area (Å²) in [7, 11) is 0. The molecule has 3 aliphatic rings. The van der Waals surface area contributed by atoms with Crippen molar-refractivity contribution in [3.63, 3.8) is 0 Å². The Morgan fingerprint density at radius 1 is 0.370 bits per heavy atom. The van der Waals surface area contributed by atoms with Gasteiger partial charge in [-0.25, -0.2) is 4.79 Å². The number of carbonyl (C=O) groups is 5. The molecule has 3 fully saturated rings. The fourth-order valence-corrected chi connectivity index (χ4v) is 13.0. The van der Waals surface area contributed by atoms with Crippen LogP contribution in [0.5, 0.6) is 23.0 Å². The van der Waals surface area contributed by atoms with Crippen molar-refractivity contribution in [3.05, 3.63) is 83.4 Å². The van der Waals surface area contributed by atoms with Crippen molar-refractivity contribution in [2.75, 3.05) is 72.7 Å². The average Bonchev–Trinajstić information content (AvgIpc) is 0.863. The zero-order chi connectivity index (χ0) is 71.7. The topological polar surface area (TPSA) is 187 Å². The van der Waals surface area contributed by atoms with E-state index in [9.17, 15) is 24.0 Å². The number of carbonyl (C=O) groups excluding carboxylic acids is 5. The van der Waals surface area contributed by atoms with Gasteiger partial charge in [-0.1, -0.05) is 110 Å². The molecule has 1 aliphatic heterocycles. The Morgan fingerprint density at radius 3 is 1.20 bits per heavy atom. The molecule has 0 bridgehead atoms. The standard InChI is InChI=1S/C33H54O8.C27H42O5.C24H38O3/c1-3-5-6-12-21-36-28-19-20-30(37-22-13-7-8-14-23-38-31(34)4-2)29(27-28)33(35)41-26-16-10-9-15-24-39-32-18-11-17-25-40-32;1-3-9-22-10-12-23(13-11-22)24-14-16-25(17-15-24)31-20-7-5-6-8-21-32-27(29)19-18-26(28)30-4-2;1-3-9-20-10-12-21(13-11-20)22-14-16-23(17-15-22)26-18-7-5-6-8-19-27-24(25)4-2/h19-20,27,32H,3-18,21-26H2,1-2H3;14-17,22-23H,3-13,18-21H2,1-2H3;14-17,20-21H,3-13,18-19H2,1-2H3. The van der Waals surface area contributed by atoms with Crippen LogP contribution in [-0.4, -0.2) is 109 Å². The number of rotatable bonds is 51. The second-order valence-corrected chi connectivity index (χ2v) is 27.4. The summed E-state index contributed by atoms with van der Waals surface area (Å²) >= 11 is 0. The van der Waals surface area contributed by atoms with Crippen LogP contribution in [0.1, 0.15) is 325 Å². The molecular formula is C84H134O16. The second-order valence-electron chi connectivity index (χ2n) is 27.4. The number of unbranched alkanes of at least 4 members (excludes halogenated alkanes) is 15. The molecule has 0 aromatic heterocycles. The van der Waals surface area contributed by atoms with Gasteiger partial charge in [-0.05, 0) is 258 Å². The van der Waals surface area contributed by atoms with Crippen molar-refractivity contribution in [2.45, 2.75) is 310 Å². The molecular weight excluding hydrogens is 1260 g/mol. The van der Waals surface area contributed by atoms with E-state index in [1.807, 2.05) is 13.0 Å². The Labute approximate surface area is 604 Å². The Kier molecular flexibility index (Phi) is 49.9. The first-order chi connectivity index (χ1) is 49.0. The van der Waals surface area contributed by atoms with Crippen LogP contribution in [0.2, 0.25) is 0 Å². The van der Waals surface area contributed by atoms with Crippen molar-refractivity contribution in [1.29, 1.82) is 0 Å². The summed E-state index contributed by atoms with van der Waals surface area (Å²) in [5.41, 5.74) is 3.35. The van der Waals surface area contributed by atoms with E-state index in [0.29, 0.717) is 89.4 Å². The zero-order valence-corrected chi connectivity index (χ0v) is 63.1. The third-order valence-electron chi connectivity index (χ3n) is 19.1. The highest BCUT2D eigenvalue weighted by atomic mass is 16.7. The molecule has 2 aliphatic carbocycles. The lowest BCUT2D eigenvalue weighted by molar-refractivity contribution is -0.162. The van der Waals surface area contributed by atoms with Crippen LogP contribution in [0.15, 0.2) is 66.7 Å². The van der Waals surface area contributed by atoms with Gasteiger partial charge in [-0.15, -0.1) is 0 Å². The van der Waals surface area contributed by atoms with E-state index in [1.165, 1.54) is 107 Å². The summed E-state index contributed by atoms with van der Waals surface area (Å²) in [6.07, 6.45) is 40.6. The summed E-state index contributed by atoms with van der Waals surface area (Å²) in [6.45, 7) is 18.4. The van der Waals surface area contributed by atoms with E-state index in [-0.39, 0.29) is 49.0 Å². The molecule has 566 valence electrons. The highest BCUT2D eigenvalue weighted by Gasteiger charge is 2.24. The summed E-state index contributed by atoms with van der Waals surface area (Å²) in [6, 6.07) is 22.9. The quantitative estimate of drug-likeness (QED) is 0.0295. The Hall–Kier alpha value is -5.87. The molecule has 2 saturated carbocycles. The summed E-state index contributed by atoms with van der Waals surface area (Å²) in [5.74, 6) is 5.16. The first-order valence-electron chi connectivity index (χ1n) is 39.9. The Morgan fingerprint density at radius 2 is 0.770 bits per heavy atom. The van der Waals surface area contributed by atoms with E-state index in [2.05, 4.69) is 69.3 Å². The predicted octanol–water partition coefficient (Wildman–Crippen LogP) is 21.0. The summed E-state index contributed by atoms with van der Waals surface area (Å²) in [5, 5.41) is 0. The number of hydrogen-bond acceptors (Lipinski definition) is 16. The van der Waals surface area contributed by atoms with Crippen LogP contribution in [0, 0.1) is 11.8 Å². The van der Waals surface area contributed by atoms with E-state index in [1.54, 1.807) is 26.0 Å². The van der Waals surface area contributed by atoms with E-state index < -0.39 is 0 Å². The molecule has 16 nitrogen and oxygen atoms in total. The smallest absolute Gasteiger partial charge is 0.342 e. The monoisotopic (exact) mass is 1400 g/mol. The van der Waals surface area contributed by atoms with Gasteiger partial charge in [-0.3, -0.25) is 19.2 Å². The van der Waals surface area contributed by atoms with Crippen LogP contribution in [-0.2, 0) is 52.3 Å². The van der Waals surface area contributed by atoms with Gasteiger partial charge in [-0.2, -0.15) is 0 Å². The van der Waals surface area contributed by atoms with Crippen molar-refractivity contribution in [3.8, 4) is 23.0 Å². The minimum Gasteiger partial charge on any atom is -0.494 e. The van der Waals surface area contributed by atoms with Crippen LogP contribution < -0.4 is 18.9 Å². The normalized spacial score (nSPS) is 17.2. The Bertz CT molecular complexity index is 2530. The number of benzene rings is 3. The van der Waals surface area contributed by atoms with E-state index in [4.69, 9.17) is 52.1 Å². The van der Waals surface area contributed by atoms with Crippen LogP contribution >= 0.6 is 0 Å². The molecule has 0 N–H and O–H groups in total. The maximum absolute atomic E-state index is 13.0. The van der Waals surface area contributed by atoms with Crippen LogP contribution in [0.4, 0.5) is 0 Å². The highest BCUT2D eigenvalue weighted by Crippen LogP contribution is 2.39. The molecule has 0 radical (unpaired) electrons. The van der Waals surface area contributed by atoms with Gasteiger partial charge in [0, 0.05) is 26.1 Å². The fourth-order valence-electron chi connectivity index (χ4n) is 13.0. The van der Waals surface area contributed by atoms with Crippen molar-refractivity contribution in [2.24, 2.45) is 11.8 Å². The molecule has 6 rings (SSSR count). The SMILES string of the molecule is CCCC1CCC(c2ccc(OCCCCCCOC(=O)CC)cc2)CC1.CCCC1CCC(c2ccc(OCCCCCCOC(=O)CCC(=O)OCC)cc2)CC1.CCCCCCOc1ccc(OCCCCCCOC(=O)CC)c(C(=O)OCCCCCCOC2CCCCO2)c1. The van der Waals surface area contributed by atoms with Gasteiger partial charge in [0.15, 0.2) is 6.29 Å². The lowest BCUT2D eigenvalue weighted by Crippen LogP contribution is -2.22. The molecule has 0 amide bonds. The zero-order valence-electron chi connectivity index (χ0n) is 63.1. The third kappa shape index (κ3) is 41.3. The van der Waals surface area contributed by atoms with Gasteiger partial charge < -0.3 is 52.1 Å². The maximum Gasteiger partial charge on any atom is 0.342 e. The van der Waals surface area contributed by atoms with Gasteiger partial charge in [0.25, 0.3) is 0 Å². The van der Waals surface area contributed by atoms with Gasteiger partial charge in [0.2, 0.25) is 0 Å². The van der Waals surface area contributed by atoms with Gasteiger partial charge >= 0.3 is 29.8 Å². The fraction of sp³-hybridized carbons (Fsp3) is 0.726. The van der Waals surface area contributed by atoms with Crippen molar-refractivity contribution in [1.82, 2.24) is 0 Å². The molecule has 1 atom stereocenters. The predicted molar refractivity (Wildman–Crippen MR) is 398 cm³/mol. The lowest BCUT2D eigenvalue weighted by atomic mass is 9.77. The van der Waals surface area contributed by atoms with Crippen LogP contribution in [0.25, 0.3) is 0 Å². The lowest BCUT2D eigenvalue weighted by Gasteiger charge is -2.28. The largest absolute Gasteiger partial charge is 0.494 e. The molecule has 16 heteroatoms. The molecule has 3 aromatic carbocycles. The number of esters is 5. The molecule has 1 unspecified atom stereocenters. The van der Waals surface area contributed by atoms with Gasteiger partial charge in [0.05, 0.1) is 72.3 Å². The molecule has 100 heavy (non-hydrogen) atoms. The van der Waals surface area contributed by atoms with Crippen LogP contribution in [0.3, 0.4) is 0 Å². The minimum absolute atomic E-state index is 0.0331. The molecule has 3 aromatic rings. The first kappa shape index (κ1) is 86.5.